The van der Waals surface area contributed by atoms with Crippen molar-refractivity contribution >= 4 is 23.3 Å². The van der Waals surface area contributed by atoms with Crippen LogP contribution in [0.4, 0.5) is 11.4 Å². The van der Waals surface area contributed by atoms with Crippen molar-refractivity contribution in [2.45, 2.75) is 44.9 Å². The number of benzene rings is 3. The molecule has 0 aromatic heterocycles. The zero-order valence-corrected chi connectivity index (χ0v) is 20.1. The highest BCUT2D eigenvalue weighted by Crippen LogP contribution is 2.39. The molecule has 0 fully saturated rings. The molecule has 0 bridgehead atoms. The molecule has 0 saturated heterocycles. The van der Waals surface area contributed by atoms with Crippen LogP contribution in [0.25, 0.3) is 0 Å². The number of anilines is 2. The van der Waals surface area contributed by atoms with Crippen LogP contribution in [0.1, 0.15) is 49.7 Å². The number of ether oxygens (including phenoxy) is 1. The molecule has 3 aromatic carbocycles. The highest BCUT2D eigenvalue weighted by Gasteiger charge is 2.27. The van der Waals surface area contributed by atoms with Crippen LogP contribution in [0, 0.1) is 0 Å². The second-order valence-electron chi connectivity index (χ2n) is 8.73. The van der Waals surface area contributed by atoms with Crippen LogP contribution in [-0.4, -0.2) is 35.1 Å². The zero-order chi connectivity index (χ0) is 24.6. The van der Waals surface area contributed by atoms with Crippen LogP contribution in [0.15, 0.2) is 78.9 Å². The predicted molar refractivity (Wildman–Crippen MR) is 137 cm³/mol. The van der Waals surface area contributed by atoms with Crippen molar-refractivity contribution in [2.24, 2.45) is 0 Å². The summed E-state index contributed by atoms with van der Waals surface area (Å²) in [5.41, 5.74) is 4.15. The molecule has 4 rings (SSSR count). The lowest BCUT2D eigenvalue weighted by molar-refractivity contribution is -0.139. The smallest absolute Gasteiger partial charge is 0.341 e. The number of hydrogen-bond acceptors (Lipinski definition) is 4. The molecule has 35 heavy (non-hydrogen) atoms. The molecule has 0 saturated carbocycles. The van der Waals surface area contributed by atoms with Gasteiger partial charge in [-0.05, 0) is 80.0 Å². The predicted octanol–water partition coefficient (Wildman–Crippen LogP) is 5.95. The van der Waals surface area contributed by atoms with Gasteiger partial charge in [-0.15, -0.1) is 0 Å². The second-order valence-corrected chi connectivity index (χ2v) is 8.73. The first-order valence-corrected chi connectivity index (χ1v) is 12.3. The third kappa shape index (κ3) is 5.83. The molecule has 0 radical (unpaired) electrons. The second kappa shape index (κ2) is 11.6. The monoisotopic (exact) mass is 472 g/mol. The number of carbonyl (C=O) groups excluding carboxylic acids is 1. The maximum atomic E-state index is 13.6. The summed E-state index contributed by atoms with van der Waals surface area (Å²) in [6, 6.07) is 25.8. The first-order valence-electron chi connectivity index (χ1n) is 12.3. The topological polar surface area (TPSA) is 70.1 Å². The van der Waals surface area contributed by atoms with Crippen molar-refractivity contribution in [3.63, 3.8) is 0 Å². The van der Waals surface area contributed by atoms with Gasteiger partial charge >= 0.3 is 5.97 Å². The summed E-state index contributed by atoms with van der Waals surface area (Å²) in [5.74, 6) is -0.0145. The molecule has 0 heterocycles. The molecule has 6 nitrogen and oxygen atoms in total. The molecule has 1 N–H and O–H groups in total. The fourth-order valence-corrected chi connectivity index (χ4v) is 4.91. The Kier molecular flexibility index (Phi) is 8.03. The van der Waals surface area contributed by atoms with Crippen molar-refractivity contribution in [3.8, 4) is 5.75 Å². The number of aliphatic carboxylic acids is 1. The molecule has 1 aliphatic rings. The van der Waals surface area contributed by atoms with E-state index in [2.05, 4.69) is 6.07 Å². The van der Waals surface area contributed by atoms with Gasteiger partial charge < -0.3 is 9.84 Å². The first-order chi connectivity index (χ1) is 17.1. The lowest BCUT2D eigenvalue weighted by atomic mass is 9.80. The van der Waals surface area contributed by atoms with Gasteiger partial charge in [-0.25, -0.2) is 9.80 Å². The van der Waals surface area contributed by atoms with Gasteiger partial charge in [-0.1, -0.05) is 48.5 Å². The quantitative estimate of drug-likeness (QED) is 0.369. The van der Waals surface area contributed by atoms with Gasteiger partial charge in [0.1, 0.15) is 5.75 Å². The number of rotatable bonds is 10. The summed E-state index contributed by atoms with van der Waals surface area (Å²) in [6.45, 7) is 2.20. The van der Waals surface area contributed by atoms with E-state index in [1.54, 1.807) is 0 Å². The summed E-state index contributed by atoms with van der Waals surface area (Å²) in [5, 5.41) is 12.8. The van der Waals surface area contributed by atoms with E-state index in [9.17, 15) is 9.59 Å². The summed E-state index contributed by atoms with van der Waals surface area (Å²) < 4.78 is 5.54. The minimum atomic E-state index is -0.985. The van der Waals surface area contributed by atoms with Crippen LogP contribution in [0.5, 0.6) is 5.75 Å². The molecule has 1 aliphatic carbocycles. The Bertz CT molecular complexity index is 1090. The molecule has 0 aliphatic heterocycles. The minimum Gasteiger partial charge on any atom is -0.482 e. The third-order valence-electron chi connectivity index (χ3n) is 6.48. The third-order valence-corrected chi connectivity index (χ3v) is 6.48. The Morgan fingerprint density at radius 1 is 0.943 bits per heavy atom. The zero-order valence-electron chi connectivity index (χ0n) is 20.1. The van der Waals surface area contributed by atoms with E-state index < -0.39 is 5.97 Å². The summed E-state index contributed by atoms with van der Waals surface area (Å²) in [7, 11) is 0. The SMILES string of the molecule is CCN(C(=O)CCC1CCCc2c(OCC(=O)O)cccc21)N(c1ccccc1)c1ccccc1. The van der Waals surface area contributed by atoms with E-state index in [0.717, 1.165) is 42.6 Å². The van der Waals surface area contributed by atoms with Gasteiger partial charge in [0.2, 0.25) is 5.91 Å². The van der Waals surface area contributed by atoms with Gasteiger partial charge in [-0.3, -0.25) is 9.80 Å². The Morgan fingerprint density at radius 3 is 2.20 bits per heavy atom. The van der Waals surface area contributed by atoms with Crippen molar-refractivity contribution in [2.75, 3.05) is 18.2 Å². The lowest BCUT2D eigenvalue weighted by Gasteiger charge is -2.36. The number of fused-ring (bicyclic) bond motifs is 1. The van der Waals surface area contributed by atoms with Crippen molar-refractivity contribution in [1.82, 2.24) is 5.01 Å². The number of hydrazine groups is 1. The van der Waals surface area contributed by atoms with Gasteiger partial charge in [0.25, 0.3) is 0 Å². The Hall–Kier alpha value is -3.80. The number of carbonyl (C=O) groups is 2. The highest BCUT2D eigenvalue weighted by atomic mass is 16.5. The average molecular weight is 473 g/mol. The number of carboxylic acids is 1. The minimum absolute atomic E-state index is 0.0746. The van der Waals surface area contributed by atoms with E-state index in [4.69, 9.17) is 9.84 Å². The molecule has 3 aromatic rings. The van der Waals surface area contributed by atoms with Gasteiger partial charge in [0.05, 0.1) is 11.4 Å². The molecular formula is C29H32N2O4. The number of hydrogen-bond donors (Lipinski definition) is 1. The summed E-state index contributed by atoms with van der Waals surface area (Å²) >= 11 is 0. The van der Waals surface area contributed by atoms with Crippen molar-refractivity contribution in [3.05, 3.63) is 90.0 Å². The Labute approximate surface area is 206 Å². The van der Waals surface area contributed by atoms with Crippen LogP contribution >= 0.6 is 0 Å². The maximum absolute atomic E-state index is 13.6. The number of carboxylic acid groups (broad SMARTS) is 1. The number of para-hydroxylation sites is 2. The molecule has 0 spiro atoms. The van der Waals surface area contributed by atoms with E-state index >= 15 is 0 Å². The highest BCUT2D eigenvalue weighted by molar-refractivity contribution is 5.81. The molecule has 1 amide bonds. The molecular weight excluding hydrogens is 440 g/mol. The molecule has 1 unspecified atom stereocenters. The fourth-order valence-electron chi connectivity index (χ4n) is 4.91. The fraction of sp³-hybridized carbons (Fsp3) is 0.310. The lowest BCUT2D eigenvalue weighted by Crippen LogP contribution is -2.44. The van der Waals surface area contributed by atoms with E-state index in [1.165, 1.54) is 5.56 Å². The largest absolute Gasteiger partial charge is 0.482 e. The molecule has 1 atom stereocenters. The summed E-state index contributed by atoms with van der Waals surface area (Å²) in [4.78, 5) is 24.5. The number of amides is 1. The normalized spacial score (nSPS) is 14.6. The van der Waals surface area contributed by atoms with Crippen LogP contribution in [-0.2, 0) is 16.0 Å². The van der Waals surface area contributed by atoms with E-state index in [-0.39, 0.29) is 18.4 Å². The van der Waals surface area contributed by atoms with Crippen molar-refractivity contribution < 1.29 is 19.4 Å². The van der Waals surface area contributed by atoms with E-state index in [0.29, 0.717) is 18.7 Å². The van der Waals surface area contributed by atoms with Crippen LogP contribution in [0.3, 0.4) is 0 Å². The van der Waals surface area contributed by atoms with Crippen LogP contribution in [0.2, 0.25) is 0 Å². The van der Waals surface area contributed by atoms with Gasteiger partial charge in [0.15, 0.2) is 6.61 Å². The van der Waals surface area contributed by atoms with Crippen LogP contribution < -0.4 is 9.75 Å². The van der Waals surface area contributed by atoms with Gasteiger partial charge in [0, 0.05) is 13.0 Å². The van der Waals surface area contributed by atoms with E-state index in [1.807, 2.05) is 89.7 Å². The summed E-state index contributed by atoms with van der Waals surface area (Å²) in [6.07, 6.45) is 4.04. The molecule has 182 valence electrons. The average Bonchev–Trinajstić information content (AvgIpc) is 2.90. The maximum Gasteiger partial charge on any atom is 0.341 e. The Balaban J connectivity index is 1.51. The Morgan fingerprint density at radius 2 is 1.60 bits per heavy atom. The molecule has 6 heteroatoms. The first kappa shape index (κ1) is 24.3. The number of nitrogens with zero attached hydrogens (tertiary/aromatic N) is 2. The van der Waals surface area contributed by atoms with Crippen molar-refractivity contribution in [1.29, 1.82) is 0 Å². The standard InChI is InChI=1S/C29H32N2O4/c1-2-30(31(23-12-5-3-6-13-23)24-14-7-4-8-15-24)28(32)20-19-22-11-9-17-26-25(22)16-10-18-27(26)35-21-29(33)34/h3-8,10,12-16,18,22H,2,9,11,17,19-21H2,1H3,(H,33,34). The van der Waals surface area contributed by atoms with Gasteiger partial charge in [-0.2, -0.15) is 0 Å².